The Labute approximate surface area is 155 Å². The van der Waals surface area contributed by atoms with Crippen molar-refractivity contribution in [2.75, 3.05) is 11.9 Å². The maximum atomic E-state index is 12.6. The van der Waals surface area contributed by atoms with E-state index in [0.717, 1.165) is 25.0 Å². The van der Waals surface area contributed by atoms with Gasteiger partial charge in [-0.05, 0) is 42.7 Å². The lowest BCUT2D eigenvalue weighted by atomic mass is 10.1. The number of nitrogens with one attached hydrogen (secondary N) is 1. The van der Waals surface area contributed by atoms with Crippen LogP contribution in [-0.2, 0) is 17.5 Å². The lowest BCUT2D eigenvalue weighted by molar-refractivity contribution is -0.137. The largest absolute Gasteiger partial charge is 0.416 e. The van der Waals surface area contributed by atoms with Crippen LogP contribution >= 0.6 is 0 Å². The molecular weight excluding hydrogens is 357 g/mol. The van der Waals surface area contributed by atoms with E-state index >= 15 is 0 Å². The number of nitrogens with zero attached hydrogens (tertiary/aromatic N) is 1. The fourth-order valence-electron chi connectivity index (χ4n) is 2.77. The molecule has 27 heavy (non-hydrogen) atoms. The van der Waals surface area contributed by atoms with E-state index in [1.165, 1.54) is 17.0 Å². The summed E-state index contributed by atoms with van der Waals surface area (Å²) in [5.41, 5.74) is 0.680. The third kappa shape index (κ3) is 4.48. The standard InChI is InChI=1S/C20H19F3N2O2/c1-25(19(27)14-8-9-14)17-5-3-2-4-16(17)18(26)24-12-13-6-10-15(11-7-13)20(21,22)23/h2-7,10-11,14H,8-9,12H2,1H3,(H,24,26). The average molecular weight is 376 g/mol. The summed E-state index contributed by atoms with van der Waals surface area (Å²) in [5.74, 6) is -0.378. The first-order valence-electron chi connectivity index (χ1n) is 8.58. The summed E-state index contributed by atoms with van der Waals surface area (Å²) in [6.07, 6.45) is -2.66. The Bertz CT molecular complexity index is 843. The van der Waals surface area contributed by atoms with Crippen LogP contribution in [0.25, 0.3) is 0 Å². The van der Waals surface area contributed by atoms with Crippen molar-refractivity contribution in [2.24, 2.45) is 5.92 Å². The fourth-order valence-corrected chi connectivity index (χ4v) is 2.77. The van der Waals surface area contributed by atoms with E-state index < -0.39 is 11.7 Å². The minimum atomic E-state index is -4.39. The van der Waals surface area contributed by atoms with Crippen LogP contribution in [0.1, 0.15) is 34.3 Å². The highest BCUT2D eigenvalue weighted by atomic mass is 19.4. The second kappa shape index (κ2) is 7.42. The van der Waals surface area contributed by atoms with E-state index in [9.17, 15) is 22.8 Å². The number of halogens is 3. The molecular formula is C20H19F3N2O2. The molecule has 0 radical (unpaired) electrons. The Hall–Kier alpha value is -2.83. The van der Waals surface area contributed by atoms with Crippen molar-refractivity contribution in [1.29, 1.82) is 0 Å². The smallest absolute Gasteiger partial charge is 0.348 e. The van der Waals surface area contributed by atoms with Crippen LogP contribution in [0.15, 0.2) is 48.5 Å². The first kappa shape index (κ1) is 18.9. The lowest BCUT2D eigenvalue weighted by Gasteiger charge is -2.20. The number of para-hydroxylation sites is 1. The SMILES string of the molecule is CN(C(=O)C1CC1)c1ccccc1C(=O)NCc1ccc(C(F)(F)F)cc1. The highest BCUT2D eigenvalue weighted by Crippen LogP contribution is 2.33. The zero-order chi connectivity index (χ0) is 19.6. The fraction of sp³-hybridized carbons (Fsp3) is 0.300. The van der Waals surface area contributed by atoms with Crippen LogP contribution in [0, 0.1) is 5.92 Å². The predicted octanol–water partition coefficient (Wildman–Crippen LogP) is 4.01. The van der Waals surface area contributed by atoms with E-state index in [2.05, 4.69) is 5.32 Å². The predicted molar refractivity (Wildman–Crippen MR) is 95.2 cm³/mol. The first-order chi connectivity index (χ1) is 12.8. The molecule has 0 bridgehead atoms. The number of anilines is 1. The van der Waals surface area contributed by atoms with Gasteiger partial charge >= 0.3 is 6.18 Å². The van der Waals surface area contributed by atoms with E-state index in [1.807, 2.05) is 0 Å². The van der Waals surface area contributed by atoms with Crippen LogP contribution < -0.4 is 10.2 Å². The topological polar surface area (TPSA) is 49.4 Å². The van der Waals surface area contributed by atoms with Gasteiger partial charge in [-0.3, -0.25) is 9.59 Å². The van der Waals surface area contributed by atoms with Crippen LogP contribution in [0.4, 0.5) is 18.9 Å². The van der Waals surface area contributed by atoms with Gasteiger partial charge in [0.15, 0.2) is 0 Å². The van der Waals surface area contributed by atoms with Crippen molar-refractivity contribution < 1.29 is 22.8 Å². The number of amides is 2. The molecule has 0 saturated heterocycles. The van der Waals surface area contributed by atoms with Gasteiger partial charge in [0.25, 0.3) is 5.91 Å². The molecule has 3 rings (SSSR count). The normalized spacial score (nSPS) is 13.9. The number of alkyl halides is 3. The Balaban J connectivity index is 1.69. The Morgan fingerprint density at radius 2 is 1.70 bits per heavy atom. The van der Waals surface area contributed by atoms with Crippen molar-refractivity contribution in [2.45, 2.75) is 25.6 Å². The Kier molecular flexibility index (Phi) is 5.21. The zero-order valence-corrected chi connectivity index (χ0v) is 14.7. The van der Waals surface area contributed by atoms with Gasteiger partial charge in [0.1, 0.15) is 0 Å². The third-order valence-electron chi connectivity index (χ3n) is 4.50. The maximum Gasteiger partial charge on any atom is 0.416 e. The molecule has 0 spiro atoms. The second-order valence-electron chi connectivity index (χ2n) is 6.57. The first-order valence-corrected chi connectivity index (χ1v) is 8.58. The summed E-state index contributed by atoms with van der Waals surface area (Å²) in [7, 11) is 1.64. The third-order valence-corrected chi connectivity index (χ3v) is 4.50. The Morgan fingerprint density at radius 3 is 2.30 bits per heavy atom. The minimum Gasteiger partial charge on any atom is -0.348 e. The van der Waals surface area contributed by atoms with Crippen LogP contribution in [0.2, 0.25) is 0 Å². The summed E-state index contributed by atoms with van der Waals surface area (Å²) in [6, 6.07) is 11.4. The minimum absolute atomic E-state index is 0.0158. The molecule has 1 N–H and O–H groups in total. The van der Waals surface area contributed by atoms with E-state index in [4.69, 9.17) is 0 Å². The average Bonchev–Trinajstić information content (AvgIpc) is 3.50. The van der Waals surface area contributed by atoms with Crippen molar-refractivity contribution in [3.63, 3.8) is 0 Å². The van der Waals surface area contributed by atoms with Gasteiger partial charge in [-0.15, -0.1) is 0 Å². The van der Waals surface area contributed by atoms with Crippen molar-refractivity contribution in [3.8, 4) is 0 Å². The molecule has 2 amide bonds. The molecule has 1 fully saturated rings. The molecule has 4 nitrogen and oxygen atoms in total. The van der Waals surface area contributed by atoms with Gasteiger partial charge in [0, 0.05) is 19.5 Å². The van der Waals surface area contributed by atoms with Crippen molar-refractivity contribution in [1.82, 2.24) is 5.32 Å². The number of carbonyl (C=O) groups excluding carboxylic acids is 2. The number of carbonyl (C=O) groups is 2. The van der Waals surface area contributed by atoms with E-state index in [1.54, 1.807) is 31.3 Å². The summed E-state index contributed by atoms with van der Waals surface area (Å²) in [6.45, 7) is 0.0889. The van der Waals surface area contributed by atoms with Crippen LogP contribution in [0.3, 0.4) is 0 Å². The monoisotopic (exact) mass is 376 g/mol. The van der Waals surface area contributed by atoms with E-state index in [0.29, 0.717) is 16.8 Å². The molecule has 2 aromatic rings. The highest BCUT2D eigenvalue weighted by molar-refractivity contribution is 6.05. The zero-order valence-electron chi connectivity index (χ0n) is 14.7. The molecule has 2 aromatic carbocycles. The van der Waals surface area contributed by atoms with Gasteiger partial charge in [-0.1, -0.05) is 24.3 Å². The summed E-state index contributed by atoms with van der Waals surface area (Å²) in [4.78, 5) is 26.3. The van der Waals surface area contributed by atoms with Crippen LogP contribution in [-0.4, -0.2) is 18.9 Å². The molecule has 0 unspecified atom stereocenters. The summed E-state index contributed by atoms with van der Waals surface area (Å²) < 4.78 is 37.8. The van der Waals surface area contributed by atoms with Gasteiger partial charge in [0.05, 0.1) is 16.8 Å². The molecule has 1 aliphatic carbocycles. The molecule has 1 saturated carbocycles. The van der Waals surface area contributed by atoms with E-state index in [-0.39, 0.29) is 24.3 Å². The van der Waals surface area contributed by atoms with Gasteiger partial charge in [-0.2, -0.15) is 13.2 Å². The molecule has 0 heterocycles. The number of rotatable bonds is 5. The van der Waals surface area contributed by atoms with Gasteiger partial charge < -0.3 is 10.2 Å². The van der Waals surface area contributed by atoms with Crippen molar-refractivity contribution >= 4 is 17.5 Å². The van der Waals surface area contributed by atoms with Gasteiger partial charge in [0.2, 0.25) is 5.91 Å². The maximum absolute atomic E-state index is 12.6. The second-order valence-corrected chi connectivity index (χ2v) is 6.57. The Morgan fingerprint density at radius 1 is 1.07 bits per heavy atom. The number of benzene rings is 2. The quantitative estimate of drug-likeness (QED) is 0.857. The molecule has 0 aliphatic heterocycles. The highest BCUT2D eigenvalue weighted by Gasteiger charge is 2.33. The number of hydrogen-bond donors (Lipinski definition) is 1. The molecule has 1 aliphatic rings. The molecule has 7 heteroatoms. The molecule has 0 aromatic heterocycles. The summed E-state index contributed by atoms with van der Waals surface area (Å²) >= 11 is 0. The van der Waals surface area contributed by atoms with Crippen molar-refractivity contribution in [3.05, 3.63) is 65.2 Å². The number of hydrogen-bond acceptors (Lipinski definition) is 2. The molecule has 0 atom stereocenters. The van der Waals surface area contributed by atoms with Gasteiger partial charge in [-0.25, -0.2) is 0 Å². The molecule has 142 valence electrons. The lowest BCUT2D eigenvalue weighted by Crippen LogP contribution is -2.31. The van der Waals surface area contributed by atoms with Crippen LogP contribution in [0.5, 0.6) is 0 Å². The summed E-state index contributed by atoms with van der Waals surface area (Å²) in [5, 5.41) is 2.69.